The van der Waals surface area contributed by atoms with Gasteiger partial charge >= 0.3 is 5.69 Å². The molecule has 0 radical (unpaired) electrons. The largest absolute Gasteiger partial charge is 0.477 e. The molecule has 0 aromatic heterocycles. The van der Waals surface area contributed by atoms with Crippen LogP contribution in [-0.4, -0.2) is 17.4 Å². The lowest BCUT2D eigenvalue weighted by Gasteiger charge is -2.09. The Labute approximate surface area is 148 Å². The van der Waals surface area contributed by atoms with Crippen molar-refractivity contribution in [2.45, 2.75) is 19.8 Å². The Morgan fingerprint density at radius 2 is 1.92 bits per heavy atom. The quantitative estimate of drug-likeness (QED) is 0.579. The summed E-state index contributed by atoms with van der Waals surface area (Å²) >= 11 is 3.17. The number of hydrogen-bond acceptors (Lipinski definition) is 4. The van der Waals surface area contributed by atoms with Crippen LogP contribution in [-0.2, 0) is 4.79 Å². The SMILES string of the molecule is CC(C)c1ccc(NC(=O)COc2ccc(Br)cc2[N+](=O)[O-])cc1. The van der Waals surface area contributed by atoms with Crippen molar-refractivity contribution in [1.82, 2.24) is 0 Å². The topological polar surface area (TPSA) is 81.5 Å². The van der Waals surface area contributed by atoms with Gasteiger partial charge in [-0.15, -0.1) is 0 Å². The zero-order valence-corrected chi connectivity index (χ0v) is 14.9. The van der Waals surface area contributed by atoms with Gasteiger partial charge in [0.05, 0.1) is 4.92 Å². The van der Waals surface area contributed by atoms with Crippen LogP contribution >= 0.6 is 15.9 Å². The highest BCUT2D eigenvalue weighted by Gasteiger charge is 2.16. The third kappa shape index (κ3) is 4.79. The molecule has 0 atom stereocenters. The standard InChI is InChI=1S/C17H17BrN2O4/c1-11(2)12-3-6-14(7-4-12)19-17(21)10-24-16-8-5-13(18)9-15(16)20(22)23/h3-9,11H,10H2,1-2H3,(H,19,21). The smallest absolute Gasteiger partial charge is 0.312 e. The number of carbonyl (C=O) groups excluding carboxylic acids is 1. The van der Waals surface area contributed by atoms with E-state index in [2.05, 4.69) is 35.1 Å². The van der Waals surface area contributed by atoms with Crippen LogP contribution in [0.2, 0.25) is 0 Å². The maximum atomic E-state index is 11.9. The Morgan fingerprint density at radius 3 is 2.50 bits per heavy atom. The van der Waals surface area contributed by atoms with Crippen LogP contribution in [0.5, 0.6) is 5.75 Å². The van der Waals surface area contributed by atoms with Crippen LogP contribution in [0.3, 0.4) is 0 Å². The summed E-state index contributed by atoms with van der Waals surface area (Å²) in [5, 5.41) is 13.7. The molecule has 0 saturated carbocycles. The number of nitrogens with zero attached hydrogens (tertiary/aromatic N) is 1. The minimum Gasteiger partial charge on any atom is -0.477 e. The third-order valence-corrected chi connectivity index (χ3v) is 3.83. The van der Waals surface area contributed by atoms with Crippen molar-refractivity contribution in [3.63, 3.8) is 0 Å². The molecular formula is C17H17BrN2O4. The highest BCUT2D eigenvalue weighted by molar-refractivity contribution is 9.10. The van der Waals surface area contributed by atoms with Crippen LogP contribution < -0.4 is 10.1 Å². The van der Waals surface area contributed by atoms with Crippen molar-refractivity contribution < 1.29 is 14.5 Å². The summed E-state index contributed by atoms with van der Waals surface area (Å²) in [6.07, 6.45) is 0. The lowest BCUT2D eigenvalue weighted by atomic mass is 10.0. The van der Waals surface area contributed by atoms with Gasteiger partial charge in [0.1, 0.15) is 0 Å². The molecule has 0 heterocycles. The van der Waals surface area contributed by atoms with Crippen LogP contribution in [0.4, 0.5) is 11.4 Å². The molecule has 1 amide bonds. The van der Waals surface area contributed by atoms with Crippen molar-refractivity contribution in [3.05, 3.63) is 62.6 Å². The van der Waals surface area contributed by atoms with Gasteiger partial charge in [-0.25, -0.2) is 0 Å². The summed E-state index contributed by atoms with van der Waals surface area (Å²) in [5.74, 6) is 0.0778. The van der Waals surface area contributed by atoms with Crippen LogP contribution in [0.1, 0.15) is 25.3 Å². The number of anilines is 1. The molecule has 0 spiro atoms. The molecule has 0 unspecified atom stereocenters. The van der Waals surface area contributed by atoms with E-state index in [9.17, 15) is 14.9 Å². The first-order valence-corrected chi connectivity index (χ1v) is 8.12. The Balaban J connectivity index is 1.97. The Morgan fingerprint density at radius 1 is 1.25 bits per heavy atom. The van der Waals surface area contributed by atoms with Gasteiger partial charge in [0.25, 0.3) is 5.91 Å². The molecule has 2 aromatic rings. The van der Waals surface area contributed by atoms with Gasteiger partial charge < -0.3 is 10.1 Å². The summed E-state index contributed by atoms with van der Waals surface area (Å²) in [5.41, 5.74) is 1.63. The fourth-order valence-electron chi connectivity index (χ4n) is 2.05. The summed E-state index contributed by atoms with van der Waals surface area (Å²) in [4.78, 5) is 22.4. The van der Waals surface area contributed by atoms with Gasteiger partial charge in [-0.2, -0.15) is 0 Å². The number of carbonyl (C=O) groups is 1. The molecule has 126 valence electrons. The highest BCUT2D eigenvalue weighted by Crippen LogP contribution is 2.30. The van der Waals surface area contributed by atoms with E-state index >= 15 is 0 Å². The first kappa shape index (κ1) is 17.9. The summed E-state index contributed by atoms with van der Waals surface area (Å²) in [6, 6.07) is 11.9. The zero-order chi connectivity index (χ0) is 17.7. The second kappa shape index (κ2) is 7.92. The Hall–Kier alpha value is -2.41. The molecule has 0 fully saturated rings. The van der Waals surface area contributed by atoms with Gasteiger partial charge in [0.2, 0.25) is 0 Å². The maximum absolute atomic E-state index is 11.9. The number of ether oxygens (including phenoxy) is 1. The predicted molar refractivity (Wildman–Crippen MR) is 95.5 cm³/mol. The van der Waals surface area contributed by atoms with Crippen molar-refractivity contribution >= 4 is 33.2 Å². The molecular weight excluding hydrogens is 376 g/mol. The van der Waals surface area contributed by atoms with E-state index in [4.69, 9.17) is 4.74 Å². The van der Waals surface area contributed by atoms with Gasteiger partial charge in [0, 0.05) is 16.2 Å². The molecule has 0 bridgehead atoms. The van der Waals surface area contributed by atoms with Crippen LogP contribution in [0, 0.1) is 10.1 Å². The lowest BCUT2D eigenvalue weighted by molar-refractivity contribution is -0.385. The van der Waals surface area contributed by atoms with Gasteiger partial charge in [-0.1, -0.05) is 41.9 Å². The van der Waals surface area contributed by atoms with Gasteiger partial charge in [-0.3, -0.25) is 14.9 Å². The number of nitro benzene ring substituents is 1. The first-order chi connectivity index (χ1) is 11.4. The average molecular weight is 393 g/mol. The second-order valence-corrected chi connectivity index (χ2v) is 6.40. The van der Waals surface area contributed by atoms with E-state index in [-0.39, 0.29) is 24.0 Å². The molecule has 0 aliphatic rings. The van der Waals surface area contributed by atoms with Crippen molar-refractivity contribution in [1.29, 1.82) is 0 Å². The molecule has 7 heteroatoms. The molecule has 2 rings (SSSR count). The number of benzene rings is 2. The van der Waals surface area contributed by atoms with E-state index in [0.29, 0.717) is 16.1 Å². The number of halogens is 1. The zero-order valence-electron chi connectivity index (χ0n) is 13.3. The normalized spacial score (nSPS) is 10.5. The first-order valence-electron chi connectivity index (χ1n) is 7.33. The fourth-order valence-corrected chi connectivity index (χ4v) is 2.40. The summed E-state index contributed by atoms with van der Waals surface area (Å²) in [7, 11) is 0. The highest BCUT2D eigenvalue weighted by atomic mass is 79.9. The average Bonchev–Trinajstić information content (AvgIpc) is 2.54. The lowest BCUT2D eigenvalue weighted by Crippen LogP contribution is -2.20. The number of rotatable bonds is 6. The molecule has 0 saturated heterocycles. The fraction of sp³-hybridized carbons (Fsp3) is 0.235. The van der Waals surface area contributed by atoms with E-state index in [0.717, 1.165) is 0 Å². The van der Waals surface area contributed by atoms with E-state index in [1.807, 2.05) is 24.3 Å². The number of hydrogen-bond donors (Lipinski definition) is 1. The molecule has 2 aromatic carbocycles. The molecule has 0 aliphatic heterocycles. The summed E-state index contributed by atoms with van der Waals surface area (Å²) in [6.45, 7) is 3.87. The van der Waals surface area contributed by atoms with Crippen molar-refractivity contribution in [2.75, 3.05) is 11.9 Å². The van der Waals surface area contributed by atoms with Crippen molar-refractivity contribution in [3.8, 4) is 5.75 Å². The van der Waals surface area contributed by atoms with Gasteiger partial charge in [-0.05, 0) is 35.7 Å². The molecule has 1 N–H and O–H groups in total. The monoisotopic (exact) mass is 392 g/mol. The van der Waals surface area contributed by atoms with E-state index in [1.165, 1.54) is 17.7 Å². The molecule has 0 aliphatic carbocycles. The maximum Gasteiger partial charge on any atom is 0.312 e. The summed E-state index contributed by atoms with van der Waals surface area (Å²) < 4.78 is 5.84. The van der Waals surface area contributed by atoms with Gasteiger partial charge in [0.15, 0.2) is 12.4 Å². The Kier molecular flexibility index (Phi) is 5.92. The van der Waals surface area contributed by atoms with E-state index < -0.39 is 4.92 Å². The Bertz CT molecular complexity index is 745. The van der Waals surface area contributed by atoms with Crippen LogP contribution in [0.25, 0.3) is 0 Å². The van der Waals surface area contributed by atoms with Crippen molar-refractivity contribution in [2.24, 2.45) is 0 Å². The molecule has 6 nitrogen and oxygen atoms in total. The predicted octanol–water partition coefficient (Wildman–Crippen LogP) is 4.50. The number of amides is 1. The number of nitro groups is 1. The number of nitrogens with one attached hydrogen (secondary N) is 1. The second-order valence-electron chi connectivity index (χ2n) is 5.48. The van der Waals surface area contributed by atoms with E-state index in [1.54, 1.807) is 6.07 Å². The molecule has 24 heavy (non-hydrogen) atoms. The third-order valence-electron chi connectivity index (χ3n) is 3.34. The van der Waals surface area contributed by atoms with Crippen LogP contribution in [0.15, 0.2) is 46.9 Å². The minimum atomic E-state index is -0.553. The minimum absolute atomic E-state index is 0.0495.